The quantitative estimate of drug-likeness (QED) is 0.164. The van der Waals surface area contributed by atoms with E-state index < -0.39 is 0 Å². The Bertz CT molecular complexity index is 3170. The van der Waals surface area contributed by atoms with Crippen molar-refractivity contribution in [2.75, 3.05) is 0 Å². The first-order valence-corrected chi connectivity index (χ1v) is 19.2. The summed E-state index contributed by atoms with van der Waals surface area (Å²) in [6, 6.07) is 51.0. The van der Waals surface area contributed by atoms with Crippen molar-refractivity contribution in [1.29, 1.82) is 0 Å². The predicted molar refractivity (Wildman–Crippen MR) is 224 cm³/mol. The van der Waals surface area contributed by atoms with E-state index in [4.69, 9.17) is 11.0 Å². The van der Waals surface area contributed by atoms with Crippen LogP contribution in [0.5, 0.6) is 0 Å². The van der Waals surface area contributed by atoms with Crippen LogP contribution in [0.4, 0.5) is 0 Å². The van der Waals surface area contributed by atoms with Crippen LogP contribution in [-0.4, -0.2) is 0 Å². The maximum absolute atomic E-state index is 6.23. The average molecular weight is 687 g/mol. The first-order chi connectivity index (χ1) is 25.2. The summed E-state index contributed by atoms with van der Waals surface area (Å²) < 4.78 is 10.2. The van der Waals surface area contributed by atoms with Crippen LogP contribution in [-0.2, 0) is 6.42 Å². The standard InChI is InChI=1S/C48H30OS2/c1-28(18-19-30-27-50-43-17-9-7-10-31(30)43)45-32-11-2-4-13-34(32)46(35-14-5-3-12-33(35)45)29-20-25-44-40(26-29)38-22-21-36-37(48(38)51-44)23-24-42-47(36)39-15-6-8-16-41(39)49-42/h2-17,20-27H,1,18-19H2. The van der Waals surface area contributed by atoms with E-state index in [9.17, 15) is 0 Å². The van der Waals surface area contributed by atoms with Crippen LogP contribution < -0.4 is 0 Å². The Balaban J connectivity index is 1.08. The Morgan fingerprint density at radius 3 is 1.98 bits per heavy atom. The molecule has 51 heavy (non-hydrogen) atoms. The van der Waals surface area contributed by atoms with Crippen LogP contribution in [0.25, 0.3) is 101 Å². The molecule has 240 valence electrons. The molecule has 3 heteroatoms. The molecule has 1 nitrogen and oxygen atoms in total. The van der Waals surface area contributed by atoms with Crippen LogP contribution >= 0.6 is 22.7 Å². The molecular weight excluding hydrogens is 657 g/mol. The molecule has 0 fully saturated rings. The van der Waals surface area contributed by atoms with E-state index in [2.05, 4.69) is 139 Å². The summed E-state index contributed by atoms with van der Waals surface area (Å²) in [4.78, 5) is 0. The minimum atomic E-state index is 0.912. The first-order valence-electron chi connectivity index (χ1n) is 17.5. The Hall–Kier alpha value is -5.74. The lowest BCUT2D eigenvalue weighted by Crippen LogP contribution is -1.95. The number of thiophene rings is 2. The van der Waals surface area contributed by atoms with Crippen molar-refractivity contribution in [2.45, 2.75) is 12.8 Å². The van der Waals surface area contributed by atoms with Gasteiger partial charge in [0.15, 0.2) is 0 Å². The molecular formula is C48H30OS2. The summed E-state index contributed by atoms with van der Waals surface area (Å²) in [6.45, 7) is 4.73. The Morgan fingerprint density at radius 2 is 1.18 bits per heavy atom. The van der Waals surface area contributed by atoms with Crippen LogP contribution in [0.15, 0.2) is 156 Å². The number of allylic oxidation sites excluding steroid dienone is 1. The molecule has 0 aliphatic heterocycles. The molecule has 8 aromatic carbocycles. The molecule has 0 bridgehead atoms. The molecule has 3 aromatic heterocycles. The van der Waals surface area contributed by atoms with Gasteiger partial charge in [-0.05, 0) is 115 Å². The van der Waals surface area contributed by atoms with Gasteiger partial charge in [-0.3, -0.25) is 0 Å². The lowest BCUT2D eigenvalue weighted by atomic mass is 9.85. The zero-order chi connectivity index (χ0) is 33.6. The summed E-state index contributed by atoms with van der Waals surface area (Å²) >= 11 is 3.73. The Kier molecular flexibility index (Phi) is 6.34. The van der Waals surface area contributed by atoms with Crippen molar-refractivity contribution in [3.63, 3.8) is 0 Å². The van der Waals surface area contributed by atoms with E-state index in [0.717, 1.165) is 24.0 Å². The molecule has 0 aliphatic rings. The predicted octanol–water partition coefficient (Wildman–Crippen LogP) is 14.9. The molecule has 0 radical (unpaired) electrons. The fraction of sp³-hybridized carbons (Fsp3) is 0.0417. The van der Waals surface area contributed by atoms with E-state index in [1.54, 1.807) is 0 Å². The lowest BCUT2D eigenvalue weighted by molar-refractivity contribution is 0.669. The zero-order valence-corrected chi connectivity index (χ0v) is 29.3. The minimum Gasteiger partial charge on any atom is -0.456 e. The molecule has 0 atom stereocenters. The number of benzene rings is 8. The number of hydrogen-bond donors (Lipinski definition) is 0. The molecule has 0 N–H and O–H groups in total. The summed E-state index contributed by atoms with van der Waals surface area (Å²) in [5.41, 5.74) is 8.28. The topological polar surface area (TPSA) is 13.1 Å². The maximum atomic E-state index is 6.23. The van der Waals surface area contributed by atoms with Crippen LogP contribution in [0.3, 0.4) is 0 Å². The van der Waals surface area contributed by atoms with Crippen LogP contribution in [0.1, 0.15) is 17.5 Å². The van der Waals surface area contributed by atoms with Gasteiger partial charge in [-0.2, -0.15) is 0 Å². The van der Waals surface area contributed by atoms with Crippen LogP contribution in [0, 0.1) is 0 Å². The fourth-order valence-corrected chi connectivity index (χ4v) is 10.7. The molecule has 0 saturated heterocycles. The normalized spacial score (nSPS) is 12.2. The van der Waals surface area contributed by atoms with Crippen molar-refractivity contribution < 1.29 is 4.42 Å². The number of aryl methyl sites for hydroxylation is 1. The van der Waals surface area contributed by atoms with Gasteiger partial charge in [0, 0.05) is 41.0 Å². The van der Waals surface area contributed by atoms with Gasteiger partial charge in [-0.1, -0.05) is 110 Å². The van der Waals surface area contributed by atoms with Crippen molar-refractivity contribution in [3.05, 3.63) is 163 Å². The van der Waals surface area contributed by atoms with Gasteiger partial charge < -0.3 is 4.42 Å². The SMILES string of the molecule is C=C(CCc1csc2ccccc12)c1c2ccccc2c(-c2ccc3sc4c(ccc5c4ccc4oc6ccccc6c45)c3c2)c2ccccc12. The van der Waals surface area contributed by atoms with Crippen molar-refractivity contribution in [3.8, 4) is 11.1 Å². The summed E-state index contributed by atoms with van der Waals surface area (Å²) in [5, 5.41) is 16.3. The molecule has 0 saturated carbocycles. The van der Waals surface area contributed by atoms with Gasteiger partial charge in [0.25, 0.3) is 0 Å². The zero-order valence-electron chi connectivity index (χ0n) is 27.7. The number of furan rings is 1. The van der Waals surface area contributed by atoms with Gasteiger partial charge in [0.1, 0.15) is 11.2 Å². The summed E-state index contributed by atoms with van der Waals surface area (Å²) in [5.74, 6) is 0. The monoisotopic (exact) mass is 686 g/mol. The summed E-state index contributed by atoms with van der Waals surface area (Å²) in [6.07, 6.45) is 1.89. The third-order valence-corrected chi connectivity index (χ3v) is 13.0. The molecule has 0 spiro atoms. The smallest absolute Gasteiger partial charge is 0.136 e. The average Bonchev–Trinajstić information content (AvgIpc) is 3.89. The molecule has 0 amide bonds. The van der Waals surface area contributed by atoms with E-state index in [1.165, 1.54) is 101 Å². The minimum absolute atomic E-state index is 0.912. The molecule has 3 heterocycles. The number of fused-ring (bicyclic) bond motifs is 12. The van der Waals surface area contributed by atoms with Gasteiger partial charge >= 0.3 is 0 Å². The highest BCUT2D eigenvalue weighted by Gasteiger charge is 2.19. The van der Waals surface area contributed by atoms with E-state index in [-0.39, 0.29) is 0 Å². The highest BCUT2D eigenvalue weighted by molar-refractivity contribution is 7.26. The number of para-hydroxylation sites is 1. The van der Waals surface area contributed by atoms with E-state index in [0.29, 0.717) is 0 Å². The third kappa shape index (κ3) is 4.32. The van der Waals surface area contributed by atoms with Crippen LogP contribution in [0.2, 0.25) is 0 Å². The van der Waals surface area contributed by atoms with E-state index >= 15 is 0 Å². The van der Waals surface area contributed by atoms with Gasteiger partial charge in [-0.15, -0.1) is 22.7 Å². The molecule has 0 aliphatic carbocycles. The highest BCUT2D eigenvalue weighted by atomic mass is 32.1. The van der Waals surface area contributed by atoms with Crippen molar-refractivity contribution >= 4 is 113 Å². The van der Waals surface area contributed by atoms with Gasteiger partial charge in [0.05, 0.1) is 0 Å². The lowest BCUT2D eigenvalue weighted by Gasteiger charge is -2.19. The highest BCUT2D eigenvalue weighted by Crippen LogP contribution is 2.46. The third-order valence-electron chi connectivity index (χ3n) is 10.8. The Labute approximate surface area is 302 Å². The largest absolute Gasteiger partial charge is 0.456 e. The summed E-state index contributed by atoms with van der Waals surface area (Å²) in [7, 11) is 0. The second-order valence-electron chi connectivity index (χ2n) is 13.6. The van der Waals surface area contributed by atoms with Crippen molar-refractivity contribution in [2.24, 2.45) is 0 Å². The van der Waals surface area contributed by atoms with E-state index in [1.807, 2.05) is 28.7 Å². The Morgan fingerprint density at radius 1 is 0.529 bits per heavy atom. The molecule has 11 aromatic rings. The number of rotatable bonds is 5. The number of hydrogen-bond acceptors (Lipinski definition) is 3. The maximum Gasteiger partial charge on any atom is 0.136 e. The molecule has 11 rings (SSSR count). The fourth-order valence-electron chi connectivity index (χ4n) is 8.48. The van der Waals surface area contributed by atoms with Gasteiger partial charge in [0.2, 0.25) is 0 Å². The second kappa shape index (κ2) is 11.1. The van der Waals surface area contributed by atoms with Gasteiger partial charge in [-0.25, -0.2) is 0 Å². The first kappa shape index (κ1) is 29.0. The molecule has 0 unspecified atom stereocenters. The van der Waals surface area contributed by atoms with Crippen molar-refractivity contribution in [1.82, 2.24) is 0 Å². The second-order valence-corrected chi connectivity index (χ2v) is 15.6.